The molecule has 0 amide bonds. The number of anilines is 1. The molecule has 2 aromatic heterocycles. The van der Waals surface area contributed by atoms with Crippen LogP contribution in [0.25, 0.3) is 5.65 Å². The van der Waals surface area contributed by atoms with Crippen LogP contribution in [0, 0.1) is 0 Å². The van der Waals surface area contributed by atoms with Crippen molar-refractivity contribution in [2.24, 2.45) is 0 Å². The van der Waals surface area contributed by atoms with Crippen LogP contribution < -0.4 is 4.90 Å². The minimum Gasteiger partial charge on any atom is -0.353 e. The van der Waals surface area contributed by atoms with Crippen molar-refractivity contribution in [1.82, 2.24) is 14.6 Å². The summed E-state index contributed by atoms with van der Waals surface area (Å²) in [7, 11) is 0. The predicted molar refractivity (Wildman–Crippen MR) is 68.4 cm³/mol. The summed E-state index contributed by atoms with van der Waals surface area (Å²) in [6, 6.07) is 2.58. The van der Waals surface area contributed by atoms with E-state index in [9.17, 15) is 0 Å². The Balaban J connectivity index is 2.13. The molecule has 4 nitrogen and oxygen atoms in total. The predicted octanol–water partition coefficient (Wildman–Crippen LogP) is 2.28. The Bertz CT molecular complexity index is 527. The van der Waals surface area contributed by atoms with Crippen LogP contribution in [0.3, 0.4) is 0 Å². The smallest absolute Gasteiger partial charge is 0.157 e. The average molecular weight is 230 g/mol. The Morgan fingerprint density at radius 3 is 2.94 bits per heavy atom. The van der Waals surface area contributed by atoms with E-state index in [1.165, 1.54) is 24.2 Å². The van der Waals surface area contributed by atoms with Crippen LogP contribution in [0.4, 0.5) is 5.82 Å². The van der Waals surface area contributed by atoms with Gasteiger partial charge in [-0.05, 0) is 19.3 Å². The van der Waals surface area contributed by atoms with E-state index < -0.39 is 0 Å². The van der Waals surface area contributed by atoms with Crippen LogP contribution in [0.5, 0.6) is 0 Å². The maximum absolute atomic E-state index is 4.43. The maximum atomic E-state index is 4.43. The summed E-state index contributed by atoms with van der Waals surface area (Å²) in [5, 5.41) is 4.40. The van der Waals surface area contributed by atoms with Gasteiger partial charge in [-0.25, -0.2) is 4.98 Å². The van der Waals surface area contributed by atoms with Gasteiger partial charge in [0.1, 0.15) is 5.82 Å². The highest BCUT2D eigenvalue weighted by Crippen LogP contribution is 2.30. The van der Waals surface area contributed by atoms with Gasteiger partial charge in [0.05, 0.1) is 6.20 Å². The summed E-state index contributed by atoms with van der Waals surface area (Å²) in [5.41, 5.74) is 2.27. The summed E-state index contributed by atoms with van der Waals surface area (Å²) in [6.45, 7) is 5.61. The number of hydrogen-bond acceptors (Lipinski definition) is 3. The first-order valence-electron chi connectivity index (χ1n) is 6.43. The second kappa shape index (κ2) is 4.02. The van der Waals surface area contributed by atoms with Gasteiger partial charge in [0, 0.05) is 30.4 Å². The third kappa shape index (κ3) is 1.51. The average Bonchev–Trinajstić information content (AvgIpc) is 2.95. The lowest BCUT2D eigenvalue weighted by atomic mass is 10.1. The van der Waals surface area contributed by atoms with E-state index in [1.807, 2.05) is 23.0 Å². The summed E-state index contributed by atoms with van der Waals surface area (Å²) >= 11 is 0. The lowest BCUT2D eigenvalue weighted by molar-refractivity contribution is 0.563. The van der Waals surface area contributed by atoms with Crippen molar-refractivity contribution in [1.29, 1.82) is 0 Å². The lowest BCUT2D eigenvalue weighted by Crippen LogP contribution is -2.34. The molecule has 0 spiro atoms. The zero-order valence-corrected chi connectivity index (χ0v) is 10.4. The molecule has 0 N–H and O–H groups in total. The minimum absolute atomic E-state index is 0.617. The van der Waals surface area contributed by atoms with E-state index in [0.29, 0.717) is 6.04 Å². The molecule has 0 atom stereocenters. The Hall–Kier alpha value is -1.58. The third-order valence-electron chi connectivity index (χ3n) is 3.74. The fourth-order valence-electron chi connectivity index (χ4n) is 2.81. The molecule has 0 saturated carbocycles. The summed E-state index contributed by atoms with van der Waals surface area (Å²) < 4.78 is 1.99. The van der Waals surface area contributed by atoms with Crippen LogP contribution >= 0.6 is 0 Å². The molecule has 1 aliphatic heterocycles. The molecule has 17 heavy (non-hydrogen) atoms. The molecule has 0 saturated heterocycles. The molecule has 0 aromatic carbocycles. The molecule has 0 radical (unpaired) electrons. The summed E-state index contributed by atoms with van der Waals surface area (Å²) in [6.07, 6.45) is 7.29. The van der Waals surface area contributed by atoms with Crippen LogP contribution in [0.2, 0.25) is 0 Å². The van der Waals surface area contributed by atoms with E-state index in [1.54, 1.807) is 0 Å². The Kier molecular flexibility index (Phi) is 2.50. The zero-order valence-electron chi connectivity index (χ0n) is 10.4. The van der Waals surface area contributed by atoms with Crippen molar-refractivity contribution < 1.29 is 0 Å². The van der Waals surface area contributed by atoms with Gasteiger partial charge in [-0.15, -0.1) is 0 Å². The fourth-order valence-corrected chi connectivity index (χ4v) is 2.81. The van der Waals surface area contributed by atoms with Gasteiger partial charge in [-0.1, -0.05) is 13.8 Å². The van der Waals surface area contributed by atoms with E-state index in [-0.39, 0.29) is 0 Å². The van der Waals surface area contributed by atoms with Crippen molar-refractivity contribution in [3.05, 3.63) is 24.0 Å². The second-order valence-electron chi connectivity index (χ2n) is 4.62. The van der Waals surface area contributed by atoms with E-state index >= 15 is 0 Å². The standard InChI is InChI=1S/C13H18N4/c1-3-11(4-2)16-8-6-10-9-14-12-5-7-15-17(12)13(10)16/h5,7,9,11H,3-4,6,8H2,1-2H3. The van der Waals surface area contributed by atoms with Crippen molar-refractivity contribution in [2.75, 3.05) is 11.4 Å². The number of rotatable bonds is 3. The van der Waals surface area contributed by atoms with Crippen molar-refractivity contribution in [3.8, 4) is 0 Å². The molecule has 0 unspecified atom stereocenters. The quantitative estimate of drug-likeness (QED) is 0.811. The maximum Gasteiger partial charge on any atom is 0.157 e. The highest BCUT2D eigenvalue weighted by molar-refractivity contribution is 5.58. The van der Waals surface area contributed by atoms with Crippen molar-refractivity contribution in [3.63, 3.8) is 0 Å². The van der Waals surface area contributed by atoms with Gasteiger partial charge < -0.3 is 4.90 Å². The molecule has 3 rings (SSSR count). The molecular formula is C13H18N4. The largest absolute Gasteiger partial charge is 0.353 e. The minimum atomic E-state index is 0.617. The number of hydrogen-bond donors (Lipinski definition) is 0. The molecular weight excluding hydrogens is 212 g/mol. The first kappa shape index (κ1) is 10.6. The van der Waals surface area contributed by atoms with Gasteiger partial charge >= 0.3 is 0 Å². The highest BCUT2D eigenvalue weighted by Gasteiger charge is 2.27. The van der Waals surface area contributed by atoms with Gasteiger partial charge in [0.25, 0.3) is 0 Å². The lowest BCUT2D eigenvalue weighted by Gasteiger charge is -2.28. The molecule has 0 aliphatic carbocycles. The molecule has 0 bridgehead atoms. The van der Waals surface area contributed by atoms with Gasteiger partial charge in [0.15, 0.2) is 5.65 Å². The first-order valence-corrected chi connectivity index (χ1v) is 6.43. The summed E-state index contributed by atoms with van der Waals surface area (Å²) in [4.78, 5) is 6.93. The molecule has 4 heteroatoms. The molecule has 0 fully saturated rings. The highest BCUT2D eigenvalue weighted by atomic mass is 15.4. The van der Waals surface area contributed by atoms with Crippen molar-refractivity contribution in [2.45, 2.75) is 39.2 Å². The first-order chi connectivity index (χ1) is 8.35. The molecule has 2 aromatic rings. The summed E-state index contributed by atoms with van der Waals surface area (Å²) in [5.74, 6) is 1.26. The second-order valence-corrected chi connectivity index (χ2v) is 4.62. The normalized spacial score (nSPS) is 14.9. The van der Waals surface area contributed by atoms with Gasteiger partial charge in [-0.3, -0.25) is 0 Å². The van der Waals surface area contributed by atoms with Crippen molar-refractivity contribution >= 4 is 11.5 Å². The monoisotopic (exact) mass is 230 g/mol. The molecule has 3 heterocycles. The van der Waals surface area contributed by atoms with Crippen LogP contribution in [-0.4, -0.2) is 27.2 Å². The van der Waals surface area contributed by atoms with Crippen LogP contribution in [0.1, 0.15) is 32.3 Å². The number of aromatic nitrogens is 3. The van der Waals surface area contributed by atoms with E-state index in [4.69, 9.17) is 0 Å². The van der Waals surface area contributed by atoms with E-state index in [2.05, 4.69) is 28.8 Å². The Morgan fingerprint density at radius 2 is 2.18 bits per heavy atom. The number of nitrogens with zero attached hydrogens (tertiary/aromatic N) is 4. The van der Waals surface area contributed by atoms with E-state index in [0.717, 1.165) is 18.6 Å². The van der Waals surface area contributed by atoms with Crippen LogP contribution in [0.15, 0.2) is 18.5 Å². The Labute approximate surface area is 101 Å². The van der Waals surface area contributed by atoms with Crippen LogP contribution in [-0.2, 0) is 6.42 Å². The fraction of sp³-hybridized carbons (Fsp3) is 0.538. The van der Waals surface area contributed by atoms with Gasteiger partial charge in [0.2, 0.25) is 0 Å². The molecule has 90 valence electrons. The Morgan fingerprint density at radius 1 is 1.35 bits per heavy atom. The third-order valence-corrected chi connectivity index (χ3v) is 3.74. The topological polar surface area (TPSA) is 33.4 Å². The zero-order chi connectivity index (χ0) is 11.8. The SMILES string of the molecule is CCC(CC)N1CCc2cnc3ccnn3c21. The number of fused-ring (bicyclic) bond motifs is 3. The van der Waals surface area contributed by atoms with Gasteiger partial charge in [-0.2, -0.15) is 9.61 Å². The molecule has 1 aliphatic rings.